The summed E-state index contributed by atoms with van der Waals surface area (Å²) in [4.78, 5) is 22.9. The van der Waals surface area contributed by atoms with E-state index in [-0.39, 0.29) is 10.6 Å². The standard InChI is InChI=1S/C11H8N2O4S/c14-10(8-2-1-5-17-8)13-12-6-7-3-4-9(18-7)11(15)16/h1-6H,(H,13,14)(H,15,16). The van der Waals surface area contributed by atoms with Crippen molar-refractivity contribution in [3.8, 4) is 0 Å². The summed E-state index contributed by atoms with van der Waals surface area (Å²) in [6.45, 7) is 0. The average Bonchev–Trinajstić information content (AvgIpc) is 3.00. The molecule has 18 heavy (non-hydrogen) atoms. The average molecular weight is 264 g/mol. The van der Waals surface area contributed by atoms with Crippen molar-refractivity contribution in [3.05, 3.63) is 46.0 Å². The summed E-state index contributed by atoms with van der Waals surface area (Å²) in [6.07, 6.45) is 2.76. The zero-order valence-corrected chi connectivity index (χ0v) is 9.81. The third kappa shape index (κ3) is 2.83. The topological polar surface area (TPSA) is 91.9 Å². The van der Waals surface area contributed by atoms with Gasteiger partial charge in [-0.3, -0.25) is 4.79 Å². The summed E-state index contributed by atoms with van der Waals surface area (Å²) in [5.41, 5.74) is 2.27. The molecule has 0 radical (unpaired) electrons. The van der Waals surface area contributed by atoms with Gasteiger partial charge in [0.15, 0.2) is 5.76 Å². The molecule has 2 aromatic heterocycles. The first-order chi connectivity index (χ1) is 8.66. The van der Waals surface area contributed by atoms with Gasteiger partial charge in [-0.25, -0.2) is 10.2 Å². The number of hydrazone groups is 1. The van der Waals surface area contributed by atoms with Crippen LogP contribution in [0.3, 0.4) is 0 Å². The van der Waals surface area contributed by atoms with Crippen molar-refractivity contribution in [1.29, 1.82) is 0 Å². The van der Waals surface area contributed by atoms with Gasteiger partial charge in [-0.05, 0) is 24.3 Å². The van der Waals surface area contributed by atoms with Crippen LogP contribution in [-0.2, 0) is 0 Å². The van der Waals surface area contributed by atoms with Crippen LogP contribution in [0.25, 0.3) is 0 Å². The Morgan fingerprint density at radius 2 is 2.22 bits per heavy atom. The van der Waals surface area contributed by atoms with Gasteiger partial charge in [-0.15, -0.1) is 11.3 Å². The third-order valence-corrected chi connectivity index (χ3v) is 2.95. The predicted octanol–water partition coefficient (Wildman–Crippen LogP) is 1.80. The number of nitrogens with zero attached hydrogens (tertiary/aromatic N) is 1. The molecule has 0 aliphatic carbocycles. The minimum absolute atomic E-state index is 0.157. The molecule has 0 bridgehead atoms. The Labute approximate surface area is 106 Å². The van der Waals surface area contributed by atoms with Crippen LogP contribution in [0, 0.1) is 0 Å². The fraction of sp³-hybridized carbons (Fsp3) is 0. The van der Waals surface area contributed by atoms with E-state index in [1.807, 2.05) is 0 Å². The Morgan fingerprint density at radius 1 is 1.39 bits per heavy atom. The minimum Gasteiger partial charge on any atom is -0.477 e. The van der Waals surface area contributed by atoms with Gasteiger partial charge in [-0.1, -0.05) is 0 Å². The summed E-state index contributed by atoms with van der Waals surface area (Å²) in [5, 5.41) is 12.4. The molecule has 92 valence electrons. The number of carbonyl (C=O) groups is 2. The molecule has 2 heterocycles. The quantitative estimate of drug-likeness (QED) is 0.650. The van der Waals surface area contributed by atoms with Crippen molar-refractivity contribution >= 4 is 29.4 Å². The largest absolute Gasteiger partial charge is 0.477 e. The monoisotopic (exact) mass is 264 g/mol. The van der Waals surface area contributed by atoms with Gasteiger partial charge in [0.1, 0.15) is 4.88 Å². The first-order valence-electron chi connectivity index (χ1n) is 4.87. The van der Waals surface area contributed by atoms with Crippen LogP contribution >= 0.6 is 11.3 Å². The molecule has 0 fully saturated rings. The SMILES string of the molecule is O=C(NN=Cc1ccc(C(=O)O)s1)c1ccco1. The number of thiophene rings is 1. The summed E-state index contributed by atoms with van der Waals surface area (Å²) in [6, 6.07) is 6.19. The molecule has 0 saturated heterocycles. The lowest BCUT2D eigenvalue weighted by Crippen LogP contribution is -2.16. The number of carbonyl (C=O) groups excluding carboxylic acids is 1. The lowest BCUT2D eigenvalue weighted by molar-refractivity contribution is 0.0702. The van der Waals surface area contributed by atoms with E-state index in [0.717, 1.165) is 11.3 Å². The van der Waals surface area contributed by atoms with E-state index in [9.17, 15) is 9.59 Å². The highest BCUT2D eigenvalue weighted by Crippen LogP contribution is 2.14. The molecule has 7 heteroatoms. The molecular formula is C11H8N2O4S. The fourth-order valence-electron chi connectivity index (χ4n) is 1.15. The van der Waals surface area contributed by atoms with E-state index >= 15 is 0 Å². The summed E-state index contributed by atoms with van der Waals surface area (Å²) < 4.78 is 4.87. The second-order valence-electron chi connectivity index (χ2n) is 3.18. The Balaban J connectivity index is 1.95. The summed E-state index contributed by atoms with van der Waals surface area (Å²) in [7, 11) is 0. The van der Waals surface area contributed by atoms with E-state index in [1.165, 1.54) is 24.6 Å². The fourth-order valence-corrected chi connectivity index (χ4v) is 1.87. The molecular weight excluding hydrogens is 256 g/mol. The molecule has 0 aliphatic heterocycles. The molecule has 2 aromatic rings. The van der Waals surface area contributed by atoms with Gasteiger partial charge in [0.05, 0.1) is 12.5 Å². The second kappa shape index (κ2) is 5.28. The van der Waals surface area contributed by atoms with Crippen molar-refractivity contribution in [2.75, 3.05) is 0 Å². The molecule has 0 spiro atoms. The molecule has 2 N–H and O–H groups in total. The third-order valence-electron chi connectivity index (χ3n) is 1.94. The normalized spacial score (nSPS) is 10.7. The van der Waals surface area contributed by atoms with Gasteiger partial charge in [0.25, 0.3) is 0 Å². The number of hydrogen-bond donors (Lipinski definition) is 2. The molecule has 0 unspecified atom stereocenters. The smallest absolute Gasteiger partial charge is 0.345 e. The van der Waals surface area contributed by atoms with Crippen LogP contribution < -0.4 is 5.43 Å². The molecule has 0 aliphatic rings. The van der Waals surface area contributed by atoms with Gasteiger partial charge in [0, 0.05) is 4.88 Å². The zero-order valence-electron chi connectivity index (χ0n) is 8.99. The number of carboxylic acid groups (broad SMARTS) is 1. The second-order valence-corrected chi connectivity index (χ2v) is 4.30. The van der Waals surface area contributed by atoms with Crippen LogP contribution in [0.5, 0.6) is 0 Å². The van der Waals surface area contributed by atoms with Crippen LogP contribution in [0.4, 0.5) is 0 Å². The van der Waals surface area contributed by atoms with E-state index in [2.05, 4.69) is 10.5 Å². The molecule has 0 aromatic carbocycles. The highest BCUT2D eigenvalue weighted by atomic mass is 32.1. The van der Waals surface area contributed by atoms with Crippen molar-refractivity contribution in [1.82, 2.24) is 5.43 Å². The van der Waals surface area contributed by atoms with Crippen molar-refractivity contribution in [2.45, 2.75) is 0 Å². The first-order valence-corrected chi connectivity index (χ1v) is 5.68. The number of hydrogen-bond acceptors (Lipinski definition) is 5. The Bertz CT molecular complexity index is 586. The minimum atomic E-state index is -0.987. The Kier molecular flexibility index (Phi) is 3.54. The Morgan fingerprint density at radius 3 is 2.83 bits per heavy atom. The van der Waals surface area contributed by atoms with Crippen LogP contribution in [0.15, 0.2) is 40.0 Å². The van der Waals surface area contributed by atoms with Gasteiger partial charge >= 0.3 is 11.9 Å². The first kappa shape index (κ1) is 12.1. The van der Waals surface area contributed by atoms with Gasteiger partial charge < -0.3 is 9.52 Å². The summed E-state index contributed by atoms with van der Waals surface area (Å²) in [5.74, 6) is -1.30. The Hall–Kier alpha value is -2.41. The van der Waals surface area contributed by atoms with E-state index in [4.69, 9.17) is 9.52 Å². The number of amides is 1. The molecule has 6 nitrogen and oxygen atoms in total. The number of carboxylic acids is 1. The zero-order chi connectivity index (χ0) is 13.0. The van der Waals surface area contributed by atoms with Crippen molar-refractivity contribution < 1.29 is 19.1 Å². The number of aromatic carboxylic acids is 1. The molecule has 0 atom stereocenters. The van der Waals surface area contributed by atoms with E-state index in [1.54, 1.807) is 12.1 Å². The molecule has 0 saturated carbocycles. The lowest BCUT2D eigenvalue weighted by atomic mass is 10.4. The maximum absolute atomic E-state index is 11.4. The van der Waals surface area contributed by atoms with Crippen LogP contribution in [-0.4, -0.2) is 23.2 Å². The number of rotatable bonds is 4. The maximum Gasteiger partial charge on any atom is 0.345 e. The summed E-state index contributed by atoms with van der Waals surface area (Å²) >= 11 is 1.07. The predicted molar refractivity (Wildman–Crippen MR) is 65.0 cm³/mol. The lowest BCUT2D eigenvalue weighted by Gasteiger charge is -1.93. The molecule has 2 rings (SSSR count). The van der Waals surface area contributed by atoms with Gasteiger partial charge in [0.2, 0.25) is 0 Å². The van der Waals surface area contributed by atoms with Gasteiger partial charge in [-0.2, -0.15) is 5.10 Å². The number of nitrogens with one attached hydrogen (secondary N) is 1. The highest BCUT2D eigenvalue weighted by Gasteiger charge is 2.07. The molecule has 1 amide bonds. The van der Waals surface area contributed by atoms with Crippen molar-refractivity contribution in [3.63, 3.8) is 0 Å². The van der Waals surface area contributed by atoms with Crippen LogP contribution in [0.2, 0.25) is 0 Å². The van der Waals surface area contributed by atoms with Crippen molar-refractivity contribution in [2.24, 2.45) is 5.10 Å². The highest BCUT2D eigenvalue weighted by molar-refractivity contribution is 7.15. The van der Waals surface area contributed by atoms with E-state index in [0.29, 0.717) is 4.88 Å². The maximum atomic E-state index is 11.4. The van der Waals surface area contributed by atoms with Crippen LogP contribution in [0.1, 0.15) is 25.1 Å². The van der Waals surface area contributed by atoms with E-state index < -0.39 is 11.9 Å². The number of furan rings is 1.